The number of fused-ring (bicyclic) bond motifs is 1. The van der Waals surface area contributed by atoms with Crippen molar-refractivity contribution in [2.75, 3.05) is 7.05 Å². The Balaban J connectivity index is 1.65. The summed E-state index contributed by atoms with van der Waals surface area (Å²) < 4.78 is 1.79. The minimum absolute atomic E-state index is 0.0905. The van der Waals surface area contributed by atoms with E-state index in [1.165, 1.54) is 0 Å². The zero-order chi connectivity index (χ0) is 20.2. The molecule has 0 saturated carbocycles. The quantitative estimate of drug-likeness (QED) is 0.475. The zero-order valence-electron chi connectivity index (χ0n) is 15.7. The van der Waals surface area contributed by atoms with Gasteiger partial charge in [-0.15, -0.1) is 0 Å². The molecule has 2 heterocycles. The van der Waals surface area contributed by atoms with Crippen molar-refractivity contribution in [3.05, 3.63) is 83.8 Å². The summed E-state index contributed by atoms with van der Waals surface area (Å²) in [5.74, 6) is -0.0905. The van der Waals surface area contributed by atoms with Gasteiger partial charge in [-0.2, -0.15) is 5.10 Å². The Bertz CT molecular complexity index is 1200. The number of pyridine rings is 1. The highest BCUT2D eigenvalue weighted by Gasteiger charge is 2.12. The van der Waals surface area contributed by atoms with E-state index in [1.807, 2.05) is 54.6 Å². The highest BCUT2D eigenvalue weighted by molar-refractivity contribution is 7.99. The molecule has 0 saturated heterocycles. The van der Waals surface area contributed by atoms with Crippen molar-refractivity contribution in [2.45, 2.75) is 9.79 Å². The summed E-state index contributed by atoms with van der Waals surface area (Å²) in [6.45, 7) is 0. The maximum atomic E-state index is 12.1. The van der Waals surface area contributed by atoms with Gasteiger partial charge in [-0.3, -0.25) is 14.2 Å². The number of hydrogen-bond acceptors (Lipinski definition) is 4. The van der Waals surface area contributed by atoms with Gasteiger partial charge in [-0.25, -0.2) is 0 Å². The van der Waals surface area contributed by atoms with Crippen molar-refractivity contribution in [3.63, 3.8) is 0 Å². The predicted molar refractivity (Wildman–Crippen MR) is 122 cm³/mol. The van der Waals surface area contributed by atoms with Crippen LogP contribution in [0.25, 0.3) is 23.1 Å². The molecule has 0 fully saturated rings. The monoisotopic (exact) mass is 418 g/mol. The van der Waals surface area contributed by atoms with Gasteiger partial charge in [0.1, 0.15) is 0 Å². The smallest absolute Gasteiger partial charge is 0.252 e. The average molecular weight is 418 g/mol. The largest absolute Gasteiger partial charge is 0.355 e. The predicted octanol–water partition coefficient (Wildman–Crippen LogP) is 4.75. The van der Waals surface area contributed by atoms with Crippen LogP contribution in [0.15, 0.2) is 76.7 Å². The van der Waals surface area contributed by atoms with E-state index in [2.05, 4.69) is 43.0 Å². The van der Waals surface area contributed by atoms with Gasteiger partial charge in [0.25, 0.3) is 5.91 Å². The Labute approximate surface area is 175 Å². The van der Waals surface area contributed by atoms with Crippen molar-refractivity contribution in [3.8, 4) is 0 Å². The van der Waals surface area contributed by atoms with Crippen LogP contribution in [-0.2, 0) is 0 Å². The Morgan fingerprint density at radius 3 is 2.72 bits per heavy atom. The van der Waals surface area contributed by atoms with E-state index in [0.29, 0.717) is 5.56 Å². The van der Waals surface area contributed by atoms with Gasteiger partial charge < -0.3 is 5.32 Å². The number of benzene rings is 2. The van der Waals surface area contributed by atoms with Crippen molar-refractivity contribution in [2.24, 2.45) is 0 Å². The van der Waals surface area contributed by atoms with E-state index in [0.717, 1.165) is 32.1 Å². The number of carbonyl (C=O) groups is 1. The fourth-order valence-corrected chi connectivity index (χ4v) is 4.29. The van der Waals surface area contributed by atoms with Gasteiger partial charge in [0.2, 0.25) is 0 Å². The van der Waals surface area contributed by atoms with E-state index in [4.69, 9.17) is 0 Å². The summed E-state index contributed by atoms with van der Waals surface area (Å²) in [6.07, 6.45) is 5.69. The average Bonchev–Trinajstić information content (AvgIpc) is 3.08. The van der Waals surface area contributed by atoms with Crippen LogP contribution in [0.3, 0.4) is 0 Å². The van der Waals surface area contributed by atoms with Crippen LogP contribution in [0.5, 0.6) is 0 Å². The van der Waals surface area contributed by atoms with Gasteiger partial charge >= 0.3 is 0 Å². The lowest BCUT2D eigenvalue weighted by atomic mass is 10.2. The van der Waals surface area contributed by atoms with Crippen LogP contribution in [0.2, 0.25) is 0 Å². The van der Waals surface area contributed by atoms with Crippen LogP contribution in [0, 0.1) is 0 Å². The number of rotatable bonds is 5. The number of nitrogens with zero attached hydrogens (tertiary/aromatic N) is 3. The number of carbonyl (C=O) groups excluding carboxylic acids is 1. The fraction of sp³-hybridized carbons (Fsp3) is 0.0455. The lowest BCUT2D eigenvalue weighted by Gasteiger charge is -2.08. The van der Waals surface area contributed by atoms with E-state index < -0.39 is 0 Å². The van der Waals surface area contributed by atoms with E-state index in [-0.39, 0.29) is 5.91 Å². The molecule has 1 unspecified atom stereocenters. The summed E-state index contributed by atoms with van der Waals surface area (Å²) >= 11 is 1.56. The van der Waals surface area contributed by atoms with Crippen molar-refractivity contribution in [1.82, 2.24) is 19.9 Å². The molecule has 1 atom stereocenters. The molecule has 1 N–H and O–H groups in total. The molecule has 0 radical (unpaired) electrons. The highest BCUT2D eigenvalue weighted by atomic mass is 32.2. The first-order valence-corrected chi connectivity index (χ1v) is 10.3. The minimum atomic E-state index is -0.0905. The molecule has 2 aromatic carbocycles. The normalized spacial score (nSPS) is 11.2. The number of hydrogen-bond donors (Lipinski definition) is 1. The molecule has 4 aromatic rings. The fourth-order valence-electron chi connectivity index (χ4n) is 2.97. The lowest BCUT2D eigenvalue weighted by molar-refractivity contribution is 0.0960. The Morgan fingerprint density at radius 2 is 1.93 bits per heavy atom. The second kappa shape index (κ2) is 8.60. The molecule has 2 aromatic heterocycles. The van der Waals surface area contributed by atoms with Crippen molar-refractivity contribution < 1.29 is 4.79 Å². The van der Waals surface area contributed by atoms with Crippen LogP contribution < -0.4 is 5.32 Å². The van der Waals surface area contributed by atoms with Gasteiger partial charge in [0.15, 0.2) is 0 Å². The number of amides is 1. The van der Waals surface area contributed by atoms with Crippen molar-refractivity contribution >= 4 is 50.1 Å². The molecule has 0 aliphatic rings. The second-order valence-corrected chi connectivity index (χ2v) is 7.88. The highest BCUT2D eigenvalue weighted by Crippen LogP contribution is 2.33. The third-order valence-corrected chi connectivity index (χ3v) is 5.85. The Morgan fingerprint density at radius 1 is 1.10 bits per heavy atom. The SMILES string of the molecule is CNC(=O)c1ccccc1Sc1ccc2c(/C=C/c3ccccn3)nn(P)c2c1. The summed E-state index contributed by atoms with van der Waals surface area (Å²) in [5.41, 5.74) is 3.43. The van der Waals surface area contributed by atoms with E-state index in [9.17, 15) is 4.79 Å². The molecular weight excluding hydrogens is 399 g/mol. The van der Waals surface area contributed by atoms with Gasteiger partial charge in [-0.05, 0) is 64.0 Å². The zero-order valence-corrected chi connectivity index (χ0v) is 17.7. The third-order valence-electron chi connectivity index (χ3n) is 4.39. The van der Waals surface area contributed by atoms with Crippen LogP contribution in [-0.4, -0.2) is 27.5 Å². The molecule has 0 bridgehead atoms. The lowest BCUT2D eigenvalue weighted by Crippen LogP contribution is -2.18. The molecule has 1 amide bonds. The summed E-state index contributed by atoms with van der Waals surface area (Å²) in [5, 5.41) is 8.35. The van der Waals surface area contributed by atoms with Crippen LogP contribution >= 0.6 is 21.2 Å². The topological polar surface area (TPSA) is 59.8 Å². The minimum Gasteiger partial charge on any atom is -0.355 e. The molecule has 4 rings (SSSR count). The van der Waals surface area contributed by atoms with Gasteiger partial charge in [-0.1, -0.05) is 30.0 Å². The maximum Gasteiger partial charge on any atom is 0.252 e. The molecule has 144 valence electrons. The first kappa shape index (κ1) is 19.4. The molecular formula is C22H19N4OPS. The van der Waals surface area contributed by atoms with E-state index >= 15 is 0 Å². The standard InChI is InChI=1S/C22H19N4OPS/c1-23-22(27)18-7-2-3-8-21(18)29-16-10-11-17-19(25-26(28)20(17)14-16)12-9-15-6-4-5-13-24-15/h2-14H,28H2,1H3,(H,23,27)/b12-9+. The Kier molecular flexibility index (Phi) is 5.74. The first-order chi connectivity index (χ1) is 14.2. The molecule has 0 aliphatic heterocycles. The maximum absolute atomic E-state index is 12.1. The Hall–Kier alpha value is -2.95. The van der Waals surface area contributed by atoms with Crippen LogP contribution in [0.1, 0.15) is 21.7 Å². The summed E-state index contributed by atoms with van der Waals surface area (Å²) in [7, 11) is 4.27. The number of aromatic nitrogens is 3. The van der Waals surface area contributed by atoms with Gasteiger partial charge in [0, 0.05) is 28.4 Å². The molecule has 29 heavy (non-hydrogen) atoms. The van der Waals surface area contributed by atoms with Crippen molar-refractivity contribution in [1.29, 1.82) is 0 Å². The molecule has 7 heteroatoms. The van der Waals surface area contributed by atoms with E-state index in [1.54, 1.807) is 29.5 Å². The van der Waals surface area contributed by atoms with Gasteiger partial charge in [0.05, 0.1) is 22.5 Å². The summed E-state index contributed by atoms with van der Waals surface area (Å²) in [6, 6.07) is 19.6. The molecule has 5 nitrogen and oxygen atoms in total. The first-order valence-electron chi connectivity index (χ1n) is 9.01. The third kappa shape index (κ3) is 4.24. The van der Waals surface area contributed by atoms with Crippen LogP contribution in [0.4, 0.5) is 0 Å². The number of nitrogens with one attached hydrogen (secondary N) is 1. The molecule has 0 spiro atoms. The second-order valence-electron chi connectivity index (χ2n) is 6.27. The molecule has 0 aliphatic carbocycles. The summed E-state index contributed by atoms with van der Waals surface area (Å²) in [4.78, 5) is 18.4.